The average Bonchev–Trinajstić information content (AvgIpc) is 2.54. The number of morpholine rings is 1. The highest BCUT2D eigenvalue weighted by molar-refractivity contribution is 6.02. The van der Waals surface area contributed by atoms with Gasteiger partial charge in [-0.05, 0) is 41.5 Å². The Kier molecular flexibility index (Phi) is 4.06. The van der Waals surface area contributed by atoms with E-state index in [0.29, 0.717) is 0 Å². The van der Waals surface area contributed by atoms with Gasteiger partial charge in [0, 0.05) is 0 Å². The molecule has 0 saturated carbocycles. The Morgan fingerprint density at radius 2 is 1.81 bits per heavy atom. The third-order valence-corrected chi connectivity index (χ3v) is 3.74. The molecular weight excluding hydrogens is 264 g/mol. The van der Waals surface area contributed by atoms with Crippen LogP contribution in [0.15, 0.2) is 41.5 Å². The van der Waals surface area contributed by atoms with Gasteiger partial charge in [-0.1, -0.05) is 18.2 Å². The van der Waals surface area contributed by atoms with E-state index in [1.807, 2.05) is 12.1 Å². The molecule has 110 valence electrons. The van der Waals surface area contributed by atoms with Gasteiger partial charge >= 0.3 is 0 Å². The molecule has 4 nitrogen and oxygen atoms in total. The Bertz CT molecular complexity index is 661. The van der Waals surface area contributed by atoms with Gasteiger partial charge in [0.2, 0.25) is 0 Å². The third kappa shape index (κ3) is 3.16. The quantitative estimate of drug-likeness (QED) is 0.813. The maximum Gasteiger partial charge on any atom is 0.119 e. The zero-order chi connectivity index (χ0) is 14.7. The molecule has 0 atom stereocenters. The molecule has 0 radical (unpaired) electrons. The summed E-state index contributed by atoms with van der Waals surface area (Å²) in [6.45, 7) is 5.30. The maximum atomic E-state index is 5.34. The van der Waals surface area contributed by atoms with E-state index in [9.17, 15) is 0 Å². The topological polar surface area (TPSA) is 34.1 Å². The molecule has 1 aliphatic rings. The van der Waals surface area contributed by atoms with Gasteiger partial charge in [-0.25, -0.2) is 0 Å². The number of hydrogen-bond donors (Lipinski definition) is 0. The van der Waals surface area contributed by atoms with Crippen LogP contribution in [0.5, 0.6) is 5.75 Å². The number of rotatable bonds is 3. The number of methoxy groups -OCH3 is 1. The SMILES string of the molecule is COc1ccc2cc(/C(C)=N/N3CCOCC3)ccc2c1. The van der Waals surface area contributed by atoms with Crippen molar-refractivity contribution in [1.29, 1.82) is 0 Å². The summed E-state index contributed by atoms with van der Waals surface area (Å²) in [6, 6.07) is 12.5. The van der Waals surface area contributed by atoms with Crippen molar-refractivity contribution in [3.63, 3.8) is 0 Å². The molecule has 1 heterocycles. The minimum absolute atomic E-state index is 0.758. The fraction of sp³-hybridized carbons (Fsp3) is 0.353. The maximum absolute atomic E-state index is 5.34. The van der Waals surface area contributed by atoms with Crippen LogP contribution in [0, 0.1) is 0 Å². The first kappa shape index (κ1) is 13.9. The minimum atomic E-state index is 0.758. The van der Waals surface area contributed by atoms with Gasteiger partial charge in [-0.15, -0.1) is 0 Å². The van der Waals surface area contributed by atoms with E-state index in [4.69, 9.17) is 14.6 Å². The molecule has 21 heavy (non-hydrogen) atoms. The van der Waals surface area contributed by atoms with E-state index in [2.05, 4.69) is 36.2 Å². The van der Waals surface area contributed by atoms with Crippen LogP contribution < -0.4 is 4.74 Å². The molecule has 0 amide bonds. The Morgan fingerprint density at radius 1 is 1.10 bits per heavy atom. The normalized spacial score (nSPS) is 16.3. The van der Waals surface area contributed by atoms with Crippen molar-refractivity contribution in [1.82, 2.24) is 5.01 Å². The van der Waals surface area contributed by atoms with Crippen LogP contribution in [0.4, 0.5) is 0 Å². The van der Waals surface area contributed by atoms with Crippen LogP contribution in [0.25, 0.3) is 10.8 Å². The highest BCUT2D eigenvalue weighted by atomic mass is 16.5. The Hall–Kier alpha value is -2.07. The summed E-state index contributed by atoms with van der Waals surface area (Å²) in [4.78, 5) is 0. The summed E-state index contributed by atoms with van der Waals surface area (Å²) < 4.78 is 10.6. The number of nitrogens with zero attached hydrogens (tertiary/aromatic N) is 2. The molecule has 0 spiro atoms. The largest absolute Gasteiger partial charge is 0.497 e. The first-order valence-electron chi connectivity index (χ1n) is 7.22. The van der Waals surface area contributed by atoms with Crippen molar-refractivity contribution < 1.29 is 9.47 Å². The highest BCUT2D eigenvalue weighted by Gasteiger charge is 2.09. The molecule has 0 unspecified atom stereocenters. The molecule has 2 aromatic carbocycles. The minimum Gasteiger partial charge on any atom is -0.497 e. The molecule has 0 N–H and O–H groups in total. The Morgan fingerprint density at radius 3 is 2.57 bits per heavy atom. The van der Waals surface area contributed by atoms with Crippen molar-refractivity contribution in [2.75, 3.05) is 33.4 Å². The summed E-state index contributed by atoms with van der Waals surface area (Å²) in [5.41, 5.74) is 2.19. The lowest BCUT2D eigenvalue weighted by molar-refractivity contribution is 0.0393. The molecule has 4 heteroatoms. The summed E-state index contributed by atoms with van der Waals surface area (Å²) in [7, 11) is 1.69. The van der Waals surface area contributed by atoms with Crippen molar-refractivity contribution in [3.05, 3.63) is 42.0 Å². The molecule has 1 saturated heterocycles. The van der Waals surface area contributed by atoms with Crippen LogP contribution in [-0.2, 0) is 4.74 Å². The molecule has 2 aromatic rings. The van der Waals surface area contributed by atoms with E-state index in [0.717, 1.165) is 43.3 Å². The van der Waals surface area contributed by atoms with Gasteiger partial charge in [0.15, 0.2) is 0 Å². The van der Waals surface area contributed by atoms with E-state index in [1.165, 1.54) is 10.8 Å². The van der Waals surface area contributed by atoms with Crippen molar-refractivity contribution >= 4 is 16.5 Å². The number of hydrazone groups is 1. The second-order valence-electron chi connectivity index (χ2n) is 5.18. The monoisotopic (exact) mass is 284 g/mol. The lowest BCUT2D eigenvalue weighted by Crippen LogP contribution is -2.33. The predicted molar refractivity (Wildman–Crippen MR) is 85.1 cm³/mol. The molecule has 0 aromatic heterocycles. The van der Waals surface area contributed by atoms with E-state index >= 15 is 0 Å². The fourth-order valence-corrected chi connectivity index (χ4v) is 2.50. The number of benzene rings is 2. The van der Waals surface area contributed by atoms with Crippen LogP contribution in [0.3, 0.4) is 0 Å². The van der Waals surface area contributed by atoms with Gasteiger partial charge < -0.3 is 9.47 Å². The number of fused-ring (bicyclic) bond motifs is 1. The van der Waals surface area contributed by atoms with Crippen LogP contribution in [-0.4, -0.2) is 44.1 Å². The second kappa shape index (κ2) is 6.14. The van der Waals surface area contributed by atoms with E-state index < -0.39 is 0 Å². The smallest absolute Gasteiger partial charge is 0.119 e. The van der Waals surface area contributed by atoms with E-state index in [1.54, 1.807) is 7.11 Å². The summed E-state index contributed by atoms with van der Waals surface area (Å²) in [6.07, 6.45) is 0. The van der Waals surface area contributed by atoms with Crippen molar-refractivity contribution in [3.8, 4) is 5.75 Å². The van der Waals surface area contributed by atoms with Crippen LogP contribution >= 0.6 is 0 Å². The van der Waals surface area contributed by atoms with Gasteiger partial charge in [0.1, 0.15) is 5.75 Å². The van der Waals surface area contributed by atoms with Crippen LogP contribution in [0.2, 0.25) is 0 Å². The third-order valence-electron chi connectivity index (χ3n) is 3.74. The molecule has 1 aliphatic heterocycles. The van der Waals surface area contributed by atoms with Gasteiger partial charge in [-0.3, -0.25) is 5.01 Å². The molecular formula is C17H20N2O2. The molecule has 3 rings (SSSR count). The van der Waals surface area contributed by atoms with Gasteiger partial charge in [0.25, 0.3) is 0 Å². The summed E-state index contributed by atoms with van der Waals surface area (Å²) >= 11 is 0. The molecule has 0 aliphatic carbocycles. The first-order valence-corrected chi connectivity index (χ1v) is 7.22. The highest BCUT2D eigenvalue weighted by Crippen LogP contribution is 2.22. The Balaban J connectivity index is 1.87. The van der Waals surface area contributed by atoms with Crippen molar-refractivity contribution in [2.45, 2.75) is 6.92 Å². The lowest BCUT2D eigenvalue weighted by atomic mass is 10.0. The number of ether oxygens (including phenoxy) is 2. The van der Waals surface area contributed by atoms with Gasteiger partial charge in [0.05, 0.1) is 39.1 Å². The molecule has 1 fully saturated rings. The van der Waals surface area contributed by atoms with Crippen molar-refractivity contribution in [2.24, 2.45) is 5.10 Å². The lowest BCUT2D eigenvalue weighted by Gasteiger charge is -2.24. The standard InChI is InChI=1S/C17H20N2O2/c1-13(18-19-7-9-21-10-8-19)14-3-4-16-12-17(20-2)6-5-15(16)11-14/h3-6,11-12H,7-10H2,1-2H3/b18-13+. The average molecular weight is 284 g/mol. The summed E-state index contributed by atoms with van der Waals surface area (Å²) in [5, 5.41) is 9.15. The first-order chi connectivity index (χ1) is 10.3. The van der Waals surface area contributed by atoms with Gasteiger partial charge in [-0.2, -0.15) is 5.10 Å². The zero-order valence-electron chi connectivity index (χ0n) is 12.5. The van der Waals surface area contributed by atoms with E-state index in [-0.39, 0.29) is 0 Å². The fourth-order valence-electron chi connectivity index (χ4n) is 2.50. The van der Waals surface area contributed by atoms with Crippen LogP contribution in [0.1, 0.15) is 12.5 Å². The second-order valence-corrected chi connectivity index (χ2v) is 5.18. The Labute approximate surface area is 125 Å². The zero-order valence-corrected chi connectivity index (χ0v) is 12.5. The predicted octanol–water partition coefficient (Wildman–Crippen LogP) is 2.90. The summed E-state index contributed by atoms with van der Waals surface area (Å²) in [5.74, 6) is 0.883. The number of hydrogen-bond acceptors (Lipinski definition) is 4. The molecule has 0 bridgehead atoms.